The molecule has 4 aromatic carbocycles. The number of carbonyl (C=O) groups excluding carboxylic acids is 1. The van der Waals surface area contributed by atoms with E-state index < -0.39 is 5.91 Å². The third-order valence-corrected chi connectivity index (χ3v) is 7.06. The first kappa shape index (κ1) is 21.2. The largest absolute Gasteiger partial charge is 0.457 e. The van der Waals surface area contributed by atoms with Gasteiger partial charge in [0.25, 0.3) is 0 Å². The third kappa shape index (κ3) is 3.86. The second-order valence-corrected chi connectivity index (χ2v) is 9.25. The quantitative estimate of drug-likeness (QED) is 0.277. The van der Waals surface area contributed by atoms with Crippen molar-refractivity contribution < 1.29 is 9.53 Å². The molecule has 1 amide bonds. The minimum Gasteiger partial charge on any atom is -0.457 e. The van der Waals surface area contributed by atoms with Crippen molar-refractivity contribution >= 4 is 39.0 Å². The molecule has 0 spiro atoms. The molecular formula is C30H21N2O2S. The zero-order chi connectivity index (χ0) is 23.8. The predicted octanol–water partition coefficient (Wildman–Crippen LogP) is 7.26. The molecule has 2 aromatic heterocycles. The van der Waals surface area contributed by atoms with Crippen molar-refractivity contribution in [3.05, 3.63) is 120 Å². The number of hydrogen-bond acceptors (Lipinski definition) is 3. The van der Waals surface area contributed by atoms with E-state index in [1.165, 1.54) is 4.88 Å². The van der Waals surface area contributed by atoms with Gasteiger partial charge in [-0.25, -0.2) is 0 Å². The molecule has 2 heterocycles. The van der Waals surface area contributed by atoms with Gasteiger partial charge in [-0.3, -0.25) is 4.79 Å². The number of hydrogen-bond donors (Lipinski definition) is 1. The highest BCUT2D eigenvalue weighted by Gasteiger charge is 2.18. The van der Waals surface area contributed by atoms with Gasteiger partial charge in [-0.1, -0.05) is 48.5 Å². The van der Waals surface area contributed by atoms with Crippen molar-refractivity contribution in [3.8, 4) is 21.9 Å². The Morgan fingerprint density at radius 1 is 0.914 bits per heavy atom. The van der Waals surface area contributed by atoms with Crippen molar-refractivity contribution in [1.82, 2.24) is 4.57 Å². The smallest absolute Gasteiger partial charge is 0.249 e. The molecule has 0 bridgehead atoms. The number of nitrogens with two attached hydrogens (primary N) is 1. The highest BCUT2D eigenvalue weighted by Crippen LogP contribution is 2.36. The van der Waals surface area contributed by atoms with Crippen LogP contribution in [0, 0.1) is 6.07 Å². The fourth-order valence-corrected chi connectivity index (χ4v) is 5.25. The van der Waals surface area contributed by atoms with Crippen LogP contribution in [-0.4, -0.2) is 10.5 Å². The molecule has 35 heavy (non-hydrogen) atoms. The second kappa shape index (κ2) is 8.78. The maximum absolute atomic E-state index is 12.3. The maximum atomic E-state index is 12.3. The average Bonchev–Trinajstić information content (AvgIpc) is 3.53. The molecule has 0 fully saturated rings. The molecule has 0 atom stereocenters. The first-order chi connectivity index (χ1) is 17.2. The van der Waals surface area contributed by atoms with E-state index in [0.717, 1.165) is 44.4 Å². The summed E-state index contributed by atoms with van der Waals surface area (Å²) in [4.78, 5) is 13.5. The van der Waals surface area contributed by atoms with Crippen LogP contribution in [0.1, 0.15) is 15.9 Å². The van der Waals surface area contributed by atoms with Gasteiger partial charge < -0.3 is 15.0 Å². The minimum absolute atomic E-state index is 0.446. The number of amides is 1. The van der Waals surface area contributed by atoms with E-state index in [-0.39, 0.29) is 0 Å². The zero-order valence-corrected chi connectivity index (χ0v) is 19.6. The van der Waals surface area contributed by atoms with Crippen LogP contribution in [0.3, 0.4) is 0 Å². The average molecular weight is 474 g/mol. The van der Waals surface area contributed by atoms with E-state index in [9.17, 15) is 4.79 Å². The minimum atomic E-state index is -0.446. The Bertz CT molecular complexity index is 1670. The first-order valence-corrected chi connectivity index (χ1v) is 12.2. The summed E-state index contributed by atoms with van der Waals surface area (Å²) in [6.07, 6.45) is 0. The number of aromatic nitrogens is 1. The molecule has 6 aromatic rings. The molecule has 1 radical (unpaired) electrons. The van der Waals surface area contributed by atoms with Crippen LogP contribution >= 0.6 is 11.3 Å². The Labute approximate surface area is 206 Å². The highest BCUT2D eigenvalue weighted by molar-refractivity contribution is 7.13. The van der Waals surface area contributed by atoms with Crippen LogP contribution in [0.4, 0.5) is 0 Å². The number of para-hydroxylation sites is 2. The molecule has 169 valence electrons. The summed E-state index contributed by atoms with van der Waals surface area (Å²) in [5.41, 5.74) is 10.3. The van der Waals surface area contributed by atoms with E-state index in [2.05, 4.69) is 34.2 Å². The Morgan fingerprint density at radius 3 is 2.54 bits per heavy atom. The number of fused-ring (bicyclic) bond motifs is 3. The van der Waals surface area contributed by atoms with Gasteiger partial charge in [-0.2, -0.15) is 0 Å². The zero-order valence-electron chi connectivity index (χ0n) is 18.8. The number of ether oxygens (including phenoxy) is 1. The SMILES string of the molecule is NC(=O)c1cccc2c1c1[c]cc(-c3cccs3)cc1n2Cc1ccccc1Oc1ccccc1. The summed E-state index contributed by atoms with van der Waals surface area (Å²) in [7, 11) is 0. The van der Waals surface area contributed by atoms with Gasteiger partial charge in [0.15, 0.2) is 0 Å². The predicted molar refractivity (Wildman–Crippen MR) is 142 cm³/mol. The van der Waals surface area contributed by atoms with Crippen LogP contribution < -0.4 is 10.5 Å². The summed E-state index contributed by atoms with van der Waals surface area (Å²) in [6.45, 7) is 0.562. The number of nitrogens with zero attached hydrogens (tertiary/aromatic N) is 1. The molecule has 0 aliphatic carbocycles. The fourth-order valence-electron chi connectivity index (χ4n) is 4.54. The molecule has 5 heteroatoms. The van der Waals surface area contributed by atoms with E-state index in [1.807, 2.05) is 72.8 Å². The van der Waals surface area contributed by atoms with Crippen molar-refractivity contribution in [1.29, 1.82) is 0 Å². The van der Waals surface area contributed by atoms with Crippen LogP contribution in [0.15, 0.2) is 102 Å². The van der Waals surface area contributed by atoms with Gasteiger partial charge in [-0.05, 0) is 65.5 Å². The van der Waals surface area contributed by atoms with E-state index >= 15 is 0 Å². The number of rotatable bonds is 6. The topological polar surface area (TPSA) is 57.2 Å². The lowest BCUT2D eigenvalue weighted by atomic mass is 10.0. The monoisotopic (exact) mass is 473 g/mol. The molecule has 6 rings (SSSR count). The summed E-state index contributed by atoms with van der Waals surface area (Å²) in [5.74, 6) is 1.13. The molecule has 0 saturated carbocycles. The summed E-state index contributed by atoms with van der Waals surface area (Å²) in [6, 6.07) is 35.2. The number of carbonyl (C=O) groups is 1. The normalized spacial score (nSPS) is 11.2. The van der Waals surface area contributed by atoms with Crippen molar-refractivity contribution in [2.75, 3.05) is 0 Å². The van der Waals surface area contributed by atoms with Crippen molar-refractivity contribution in [2.45, 2.75) is 6.54 Å². The number of benzene rings is 4. The van der Waals surface area contributed by atoms with Gasteiger partial charge in [0.2, 0.25) is 5.91 Å². The summed E-state index contributed by atoms with van der Waals surface area (Å²) >= 11 is 1.69. The van der Waals surface area contributed by atoms with Crippen molar-refractivity contribution in [2.24, 2.45) is 5.73 Å². The molecule has 2 N–H and O–H groups in total. The lowest BCUT2D eigenvalue weighted by Crippen LogP contribution is -2.11. The van der Waals surface area contributed by atoms with Crippen LogP contribution in [-0.2, 0) is 6.54 Å². The van der Waals surface area contributed by atoms with Gasteiger partial charge >= 0.3 is 0 Å². The summed E-state index contributed by atoms with van der Waals surface area (Å²) < 4.78 is 8.45. The third-order valence-electron chi connectivity index (χ3n) is 6.14. The number of thiophene rings is 1. The van der Waals surface area contributed by atoms with Crippen LogP contribution in [0.2, 0.25) is 0 Å². The Morgan fingerprint density at radius 2 is 1.74 bits per heavy atom. The lowest BCUT2D eigenvalue weighted by molar-refractivity contribution is 0.100. The van der Waals surface area contributed by atoms with Crippen molar-refractivity contribution in [3.63, 3.8) is 0 Å². The lowest BCUT2D eigenvalue weighted by Gasteiger charge is -2.14. The van der Waals surface area contributed by atoms with Crippen LogP contribution in [0.25, 0.3) is 32.2 Å². The molecule has 0 unspecified atom stereocenters. The number of primary amides is 1. The van der Waals surface area contributed by atoms with Gasteiger partial charge in [0.05, 0.1) is 17.6 Å². The van der Waals surface area contributed by atoms with E-state index in [4.69, 9.17) is 10.5 Å². The Hall–Kier alpha value is -4.35. The molecule has 0 aliphatic heterocycles. The molecular weight excluding hydrogens is 452 g/mol. The fraction of sp³-hybridized carbons (Fsp3) is 0.0333. The Kier molecular flexibility index (Phi) is 5.32. The molecule has 4 nitrogen and oxygen atoms in total. The van der Waals surface area contributed by atoms with Gasteiger partial charge in [-0.15, -0.1) is 11.3 Å². The standard InChI is InChI=1S/C30H21N2O2S/c31-30(33)24-11-6-12-25-29(24)23-16-15-20(28-14-7-17-35-28)18-26(23)32(25)19-21-8-4-5-13-27(21)34-22-9-2-1-3-10-22/h1-15,17-18H,19H2,(H2,31,33). The maximum Gasteiger partial charge on any atom is 0.249 e. The Balaban J connectivity index is 1.55. The van der Waals surface area contributed by atoms with Crippen LogP contribution in [0.5, 0.6) is 11.5 Å². The first-order valence-electron chi connectivity index (χ1n) is 11.3. The molecule has 0 saturated heterocycles. The molecule has 0 aliphatic rings. The van der Waals surface area contributed by atoms with E-state index in [1.54, 1.807) is 17.4 Å². The van der Waals surface area contributed by atoms with Gasteiger partial charge in [0, 0.05) is 26.8 Å². The van der Waals surface area contributed by atoms with Gasteiger partial charge in [0.1, 0.15) is 11.5 Å². The van der Waals surface area contributed by atoms with E-state index in [0.29, 0.717) is 12.1 Å². The highest BCUT2D eigenvalue weighted by atomic mass is 32.1. The summed E-state index contributed by atoms with van der Waals surface area (Å²) in [5, 5.41) is 3.78. The second-order valence-electron chi connectivity index (χ2n) is 8.30.